The van der Waals surface area contributed by atoms with Crippen LogP contribution in [0.4, 0.5) is 5.69 Å². The summed E-state index contributed by atoms with van der Waals surface area (Å²) in [5.74, 6) is 0.458. The fourth-order valence-electron chi connectivity index (χ4n) is 1.78. The first-order valence-corrected chi connectivity index (χ1v) is 7.53. The second-order valence-corrected chi connectivity index (χ2v) is 5.73. The van der Waals surface area contributed by atoms with Gasteiger partial charge in [0.2, 0.25) is 11.8 Å². The van der Waals surface area contributed by atoms with Crippen LogP contribution in [0.25, 0.3) is 0 Å². The minimum absolute atomic E-state index is 0. The van der Waals surface area contributed by atoms with Crippen LogP contribution < -0.4 is 11.1 Å². The first-order chi connectivity index (χ1) is 9.97. The van der Waals surface area contributed by atoms with Crippen LogP contribution in [0.1, 0.15) is 30.0 Å². The minimum atomic E-state index is -0.310. The van der Waals surface area contributed by atoms with Crippen LogP contribution in [0.5, 0.6) is 0 Å². The molecular weight excluding hydrogens is 324 g/mol. The molecule has 0 saturated heterocycles. The normalized spacial score (nSPS) is 11.6. The zero-order valence-corrected chi connectivity index (χ0v) is 14.3. The highest BCUT2D eigenvalue weighted by Gasteiger charge is 2.13. The average molecular weight is 343 g/mol. The van der Waals surface area contributed by atoms with Crippen molar-refractivity contribution in [2.45, 2.75) is 32.0 Å². The number of carbonyl (C=O) groups is 1. The van der Waals surface area contributed by atoms with Crippen LogP contribution in [-0.4, -0.2) is 21.9 Å². The Morgan fingerprint density at radius 1 is 1.36 bits per heavy atom. The molecule has 3 N–H and O–H groups in total. The molecule has 0 aliphatic carbocycles. The quantitative estimate of drug-likeness (QED) is 0.811. The van der Waals surface area contributed by atoms with Gasteiger partial charge in [-0.1, -0.05) is 30.0 Å². The van der Waals surface area contributed by atoms with Crippen LogP contribution in [0.3, 0.4) is 0 Å². The second kappa shape index (κ2) is 8.17. The summed E-state index contributed by atoms with van der Waals surface area (Å²) in [5, 5.41) is 10.9. The summed E-state index contributed by atoms with van der Waals surface area (Å²) in [6.45, 7) is 5.68. The van der Waals surface area contributed by atoms with E-state index in [1.54, 1.807) is 6.92 Å². The summed E-state index contributed by atoms with van der Waals surface area (Å²) in [6.07, 6.45) is 0. The van der Waals surface area contributed by atoms with Crippen LogP contribution in [0.15, 0.2) is 27.8 Å². The number of carbonyl (C=O) groups excluding carboxylic acids is 1. The van der Waals surface area contributed by atoms with Crippen LogP contribution in [0.2, 0.25) is 0 Å². The van der Waals surface area contributed by atoms with Crippen molar-refractivity contribution in [1.29, 1.82) is 0 Å². The fraction of sp³-hybridized carbons (Fsp3) is 0.357. The van der Waals surface area contributed by atoms with Gasteiger partial charge in [-0.2, -0.15) is 0 Å². The lowest BCUT2D eigenvalue weighted by molar-refractivity contribution is -0.113. The van der Waals surface area contributed by atoms with Crippen molar-refractivity contribution in [2.24, 2.45) is 5.73 Å². The van der Waals surface area contributed by atoms with E-state index in [2.05, 4.69) is 15.5 Å². The molecule has 0 bridgehead atoms. The summed E-state index contributed by atoms with van der Waals surface area (Å²) in [7, 11) is 0. The third kappa shape index (κ3) is 4.72. The SMILES string of the molecule is Cc1cccc(C)c1NC(=O)CSc1nnc([C@H](C)N)o1.Cl. The molecule has 0 aliphatic rings. The monoisotopic (exact) mass is 342 g/mol. The summed E-state index contributed by atoms with van der Waals surface area (Å²) in [5.41, 5.74) is 8.55. The highest BCUT2D eigenvalue weighted by Crippen LogP contribution is 2.21. The molecule has 6 nitrogen and oxygen atoms in total. The van der Waals surface area contributed by atoms with Gasteiger partial charge in [0.05, 0.1) is 11.8 Å². The number of halogens is 1. The Hall–Kier alpha value is -1.57. The van der Waals surface area contributed by atoms with Gasteiger partial charge in [-0.3, -0.25) is 4.79 Å². The Morgan fingerprint density at radius 2 is 2.00 bits per heavy atom. The average Bonchev–Trinajstić information content (AvgIpc) is 2.90. The van der Waals surface area contributed by atoms with E-state index in [9.17, 15) is 4.79 Å². The highest BCUT2D eigenvalue weighted by atomic mass is 35.5. The molecule has 2 aromatic rings. The maximum Gasteiger partial charge on any atom is 0.277 e. The van der Waals surface area contributed by atoms with E-state index in [1.807, 2.05) is 32.0 Å². The molecular formula is C14H19ClN4O2S. The van der Waals surface area contributed by atoms with Gasteiger partial charge in [0, 0.05) is 5.69 Å². The van der Waals surface area contributed by atoms with E-state index in [4.69, 9.17) is 10.2 Å². The lowest BCUT2D eigenvalue weighted by Crippen LogP contribution is -2.15. The van der Waals surface area contributed by atoms with Crippen LogP contribution in [-0.2, 0) is 4.79 Å². The zero-order valence-electron chi connectivity index (χ0n) is 12.6. The smallest absolute Gasteiger partial charge is 0.277 e. The fourth-order valence-corrected chi connectivity index (χ4v) is 2.35. The number of benzene rings is 1. The van der Waals surface area contributed by atoms with E-state index >= 15 is 0 Å². The van der Waals surface area contributed by atoms with Gasteiger partial charge >= 0.3 is 0 Å². The Balaban J connectivity index is 0.00000242. The molecule has 1 amide bonds. The van der Waals surface area contributed by atoms with Gasteiger partial charge < -0.3 is 15.5 Å². The standard InChI is InChI=1S/C14H18N4O2S.ClH/c1-8-5-4-6-9(2)12(8)16-11(19)7-21-14-18-17-13(20-14)10(3)15;/h4-6,10H,7,15H2,1-3H3,(H,16,19);1H/t10-;/m0./s1. The van der Waals surface area contributed by atoms with E-state index in [0.29, 0.717) is 11.1 Å². The third-order valence-corrected chi connectivity index (χ3v) is 3.70. The van der Waals surface area contributed by atoms with Gasteiger partial charge in [0.15, 0.2) is 0 Å². The van der Waals surface area contributed by atoms with Gasteiger partial charge in [-0.05, 0) is 31.9 Å². The van der Waals surface area contributed by atoms with E-state index < -0.39 is 0 Å². The first-order valence-electron chi connectivity index (χ1n) is 6.55. The number of para-hydroxylation sites is 1. The molecule has 0 aliphatic heterocycles. The van der Waals surface area contributed by atoms with E-state index in [-0.39, 0.29) is 30.1 Å². The predicted octanol–water partition coefficient (Wildman–Crippen LogP) is 2.86. The molecule has 0 fully saturated rings. The Kier molecular flexibility index (Phi) is 6.86. The topological polar surface area (TPSA) is 94.0 Å². The maximum absolute atomic E-state index is 12.0. The van der Waals surface area contributed by atoms with Crippen molar-refractivity contribution >= 4 is 35.8 Å². The van der Waals surface area contributed by atoms with Crippen molar-refractivity contribution in [3.05, 3.63) is 35.2 Å². The molecule has 1 aromatic heterocycles. The summed E-state index contributed by atoms with van der Waals surface area (Å²) in [4.78, 5) is 12.0. The number of anilines is 1. The minimum Gasteiger partial charge on any atom is -0.414 e. The number of aryl methyl sites for hydroxylation is 2. The number of nitrogens with zero attached hydrogens (tertiary/aromatic N) is 2. The van der Waals surface area contributed by atoms with E-state index in [0.717, 1.165) is 16.8 Å². The number of hydrogen-bond donors (Lipinski definition) is 2. The van der Waals surface area contributed by atoms with Crippen molar-refractivity contribution in [3.63, 3.8) is 0 Å². The van der Waals surface area contributed by atoms with Crippen molar-refractivity contribution < 1.29 is 9.21 Å². The number of hydrogen-bond acceptors (Lipinski definition) is 6. The lowest BCUT2D eigenvalue weighted by atomic mass is 10.1. The molecule has 0 unspecified atom stereocenters. The molecule has 2 rings (SSSR count). The summed E-state index contributed by atoms with van der Waals surface area (Å²) >= 11 is 1.19. The Labute approximate surface area is 139 Å². The maximum atomic E-state index is 12.0. The predicted molar refractivity (Wildman–Crippen MR) is 89.4 cm³/mol. The molecule has 1 heterocycles. The summed E-state index contributed by atoms with van der Waals surface area (Å²) < 4.78 is 5.33. The molecule has 0 saturated carbocycles. The zero-order chi connectivity index (χ0) is 15.4. The van der Waals surface area contributed by atoms with Crippen LogP contribution >= 0.6 is 24.2 Å². The number of rotatable bonds is 5. The largest absolute Gasteiger partial charge is 0.414 e. The molecule has 22 heavy (non-hydrogen) atoms. The van der Waals surface area contributed by atoms with Gasteiger partial charge in [-0.15, -0.1) is 22.6 Å². The number of nitrogens with one attached hydrogen (secondary N) is 1. The van der Waals surface area contributed by atoms with Crippen molar-refractivity contribution in [3.8, 4) is 0 Å². The lowest BCUT2D eigenvalue weighted by Gasteiger charge is -2.10. The van der Waals surface area contributed by atoms with E-state index in [1.165, 1.54) is 11.8 Å². The third-order valence-electron chi connectivity index (χ3n) is 2.88. The molecule has 1 atom stereocenters. The Bertz CT molecular complexity index is 625. The second-order valence-electron chi connectivity index (χ2n) is 4.80. The summed E-state index contributed by atoms with van der Waals surface area (Å²) in [6, 6.07) is 5.57. The van der Waals surface area contributed by atoms with Crippen LogP contribution in [0, 0.1) is 13.8 Å². The van der Waals surface area contributed by atoms with Crippen molar-refractivity contribution in [2.75, 3.05) is 11.1 Å². The number of amides is 1. The molecule has 8 heteroatoms. The number of thioether (sulfide) groups is 1. The van der Waals surface area contributed by atoms with Gasteiger partial charge in [-0.25, -0.2) is 0 Å². The van der Waals surface area contributed by atoms with Gasteiger partial charge in [0.25, 0.3) is 5.22 Å². The number of nitrogens with two attached hydrogens (primary N) is 1. The van der Waals surface area contributed by atoms with Gasteiger partial charge in [0.1, 0.15) is 0 Å². The molecule has 120 valence electrons. The molecule has 1 aromatic carbocycles. The number of aromatic nitrogens is 2. The molecule has 0 spiro atoms. The highest BCUT2D eigenvalue weighted by molar-refractivity contribution is 7.99. The Morgan fingerprint density at radius 3 is 2.55 bits per heavy atom. The molecule has 0 radical (unpaired) electrons. The first kappa shape index (κ1) is 18.5. The van der Waals surface area contributed by atoms with Crippen molar-refractivity contribution in [1.82, 2.24) is 10.2 Å².